The molecule has 7 heteroatoms. The van der Waals surface area contributed by atoms with Crippen molar-refractivity contribution in [3.63, 3.8) is 0 Å². The van der Waals surface area contributed by atoms with E-state index < -0.39 is 10.0 Å². The summed E-state index contributed by atoms with van der Waals surface area (Å²) in [4.78, 5) is 0.102. The number of thiocarbonyl (C=S) groups is 1. The standard InChI is InChI=1S/C14H13BrN2O2S2/c1-9-5-4-7-11(13(9)15)17-21(18,19)12-8-3-2-6-10(12)14(16)20/h2-8,17H,1H3,(H2,16,20). The highest BCUT2D eigenvalue weighted by molar-refractivity contribution is 9.10. The Kier molecular flexibility index (Phi) is 4.65. The van der Waals surface area contributed by atoms with E-state index >= 15 is 0 Å². The quantitative estimate of drug-likeness (QED) is 0.793. The molecular formula is C14H13BrN2O2S2. The van der Waals surface area contributed by atoms with Crippen molar-refractivity contribution < 1.29 is 8.42 Å². The second-order valence-corrected chi connectivity index (χ2v) is 7.29. The van der Waals surface area contributed by atoms with Gasteiger partial charge in [0.05, 0.1) is 10.6 Å². The van der Waals surface area contributed by atoms with E-state index in [0.29, 0.717) is 15.7 Å². The van der Waals surface area contributed by atoms with Crippen LogP contribution in [0.2, 0.25) is 0 Å². The molecule has 3 N–H and O–H groups in total. The van der Waals surface area contributed by atoms with Gasteiger partial charge >= 0.3 is 0 Å². The highest BCUT2D eigenvalue weighted by Gasteiger charge is 2.20. The average molecular weight is 385 g/mol. The van der Waals surface area contributed by atoms with Crippen molar-refractivity contribution in [1.29, 1.82) is 0 Å². The smallest absolute Gasteiger partial charge is 0.262 e. The molecule has 0 saturated carbocycles. The summed E-state index contributed by atoms with van der Waals surface area (Å²) in [5.41, 5.74) is 7.31. The Morgan fingerprint density at radius 1 is 1.19 bits per heavy atom. The minimum absolute atomic E-state index is 0.0410. The predicted molar refractivity (Wildman–Crippen MR) is 92.0 cm³/mol. The molecule has 21 heavy (non-hydrogen) atoms. The van der Waals surface area contributed by atoms with Crippen LogP contribution < -0.4 is 10.5 Å². The van der Waals surface area contributed by atoms with Gasteiger partial charge in [0, 0.05) is 10.0 Å². The molecule has 0 bridgehead atoms. The van der Waals surface area contributed by atoms with E-state index in [9.17, 15) is 8.42 Å². The molecule has 0 aliphatic carbocycles. The van der Waals surface area contributed by atoms with E-state index in [1.807, 2.05) is 13.0 Å². The number of hydrogen-bond acceptors (Lipinski definition) is 3. The van der Waals surface area contributed by atoms with Crippen molar-refractivity contribution in [2.75, 3.05) is 4.72 Å². The maximum absolute atomic E-state index is 12.5. The zero-order valence-corrected chi connectivity index (χ0v) is 14.3. The Hall–Kier alpha value is -1.44. The number of halogens is 1. The van der Waals surface area contributed by atoms with Crippen LogP contribution >= 0.6 is 28.1 Å². The van der Waals surface area contributed by atoms with Crippen LogP contribution in [0, 0.1) is 6.92 Å². The van der Waals surface area contributed by atoms with Gasteiger partial charge in [-0.3, -0.25) is 4.72 Å². The molecule has 0 radical (unpaired) electrons. The lowest BCUT2D eigenvalue weighted by Gasteiger charge is -2.13. The molecule has 110 valence electrons. The van der Waals surface area contributed by atoms with Crippen molar-refractivity contribution in [2.45, 2.75) is 11.8 Å². The number of sulfonamides is 1. The molecular weight excluding hydrogens is 372 g/mol. The van der Waals surface area contributed by atoms with E-state index in [1.165, 1.54) is 6.07 Å². The zero-order valence-electron chi connectivity index (χ0n) is 11.1. The molecule has 0 unspecified atom stereocenters. The van der Waals surface area contributed by atoms with Crippen LogP contribution in [-0.2, 0) is 10.0 Å². The first-order valence-electron chi connectivity index (χ1n) is 5.99. The van der Waals surface area contributed by atoms with Crippen molar-refractivity contribution in [2.24, 2.45) is 5.73 Å². The highest BCUT2D eigenvalue weighted by Crippen LogP contribution is 2.28. The molecule has 0 amide bonds. The normalized spacial score (nSPS) is 11.1. The first kappa shape index (κ1) is 15.9. The van der Waals surface area contributed by atoms with Crippen molar-refractivity contribution >= 4 is 48.8 Å². The minimum Gasteiger partial charge on any atom is -0.389 e. The first-order valence-corrected chi connectivity index (χ1v) is 8.68. The van der Waals surface area contributed by atoms with Gasteiger partial charge in [0.25, 0.3) is 10.0 Å². The van der Waals surface area contributed by atoms with E-state index in [2.05, 4.69) is 20.7 Å². The lowest BCUT2D eigenvalue weighted by Crippen LogP contribution is -2.20. The molecule has 0 spiro atoms. The maximum atomic E-state index is 12.5. The fraction of sp³-hybridized carbons (Fsp3) is 0.0714. The molecule has 2 rings (SSSR count). The topological polar surface area (TPSA) is 72.2 Å². The second-order valence-electron chi connectivity index (χ2n) is 4.40. The van der Waals surface area contributed by atoms with Crippen molar-refractivity contribution in [3.05, 3.63) is 58.1 Å². The van der Waals surface area contributed by atoms with E-state index in [-0.39, 0.29) is 9.88 Å². The van der Waals surface area contributed by atoms with Gasteiger partial charge in [0.1, 0.15) is 4.99 Å². The van der Waals surface area contributed by atoms with Crippen LogP contribution in [-0.4, -0.2) is 13.4 Å². The fourth-order valence-electron chi connectivity index (χ4n) is 1.83. The summed E-state index contributed by atoms with van der Waals surface area (Å²) in [5, 5.41) is 0. The lowest BCUT2D eigenvalue weighted by atomic mass is 10.2. The van der Waals surface area contributed by atoms with Gasteiger partial charge in [-0.05, 0) is 40.5 Å². The number of hydrogen-bond donors (Lipinski definition) is 2. The third-order valence-corrected chi connectivity index (χ3v) is 5.57. The van der Waals surface area contributed by atoms with Crippen LogP contribution in [0.4, 0.5) is 5.69 Å². The summed E-state index contributed by atoms with van der Waals surface area (Å²) in [6.07, 6.45) is 0. The van der Waals surface area contributed by atoms with E-state index in [1.54, 1.807) is 30.3 Å². The number of anilines is 1. The number of rotatable bonds is 4. The zero-order chi connectivity index (χ0) is 15.6. The number of benzene rings is 2. The van der Waals surface area contributed by atoms with E-state index in [4.69, 9.17) is 18.0 Å². The Balaban J connectivity index is 2.49. The Labute approximate surface area is 137 Å². The summed E-state index contributed by atoms with van der Waals surface area (Å²) in [5.74, 6) is 0. The molecule has 4 nitrogen and oxygen atoms in total. The highest BCUT2D eigenvalue weighted by atomic mass is 79.9. The van der Waals surface area contributed by atoms with Crippen LogP contribution in [0.5, 0.6) is 0 Å². The van der Waals surface area contributed by atoms with Gasteiger partial charge in [-0.15, -0.1) is 0 Å². The molecule has 2 aromatic carbocycles. The Morgan fingerprint density at radius 3 is 2.52 bits per heavy atom. The van der Waals surface area contributed by atoms with Crippen LogP contribution in [0.15, 0.2) is 51.8 Å². The third kappa shape index (κ3) is 3.42. The van der Waals surface area contributed by atoms with Crippen LogP contribution in [0.3, 0.4) is 0 Å². The van der Waals surface area contributed by atoms with Crippen LogP contribution in [0.25, 0.3) is 0 Å². The average Bonchev–Trinajstić information content (AvgIpc) is 2.44. The Morgan fingerprint density at radius 2 is 1.86 bits per heavy atom. The first-order chi connectivity index (χ1) is 9.83. The summed E-state index contributed by atoms with van der Waals surface area (Å²) in [6, 6.07) is 11.7. The van der Waals surface area contributed by atoms with Crippen molar-refractivity contribution in [3.8, 4) is 0 Å². The molecule has 0 heterocycles. The molecule has 0 saturated heterocycles. The number of nitrogens with two attached hydrogens (primary N) is 1. The van der Waals surface area contributed by atoms with Gasteiger partial charge < -0.3 is 5.73 Å². The van der Waals surface area contributed by atoms with Crippen LogP contribution in [0.1, 0.15) is 11.1 Å². The number of nitrogens with one attached hydrogen (secondary N) is 1. The maximum Gasteiger partial charge on any atom is 0.262 e. The predicted octanol–water partition coefficient (Wildman–Crippen LogP) is 3.19. The Bertz CT molecular complexity index is 804. The minimum atomic E-state index is -3.78. The molecule has 0 aliphatic heterocycles. The SMILES string of the molecule is Cc1cccc(NS(=O)(=O)c2ccccc2C(N)=S)c1Br. The second kappa shape index (κ2) is 6.13. The summed E-state index contributed by atoms with van der Waals surface area (Å²) in [6.45, 7) is 1.88. The van der Waals surface area contributed by atoms with E-state index in [0.717, 1.165) is 5.56 Å². The monoisotopic (exact) mass is 384 g/mol. The van der Waals surface area contributed by atoms with Gasteiger partial charge in [-0.2, -0.15) is 0 Å². The molecule has 0 aliphatic rings. The summed E-state index contributed by atoms with van der Waals surface area (Å²) >= 11 is 8.28. The number of aryl methyl sites for hydroxylation is 1. The van der Waals surface area contributed by atoms with Gasteiger partial charge in [0.15, 0.2) is 0 Å². The molecule has 0 fully saturated rings. The molecule has 2 aromatic rings. The lowest BCUT2D eigenvalue weighted by molar-refractivity contribution is 0.601. The molecule has 0 aromatic heterocycles. The summed E-state index contributed by atoms with van der Waals surface area (Å²) < 4.78 is 28.3. The summed E-state index contributed by atoms with van der Waals surface area (Å²) in [7, 11) is -3.78. The fourth-order valence-corrected chi connectivity index (χ4v) is 3.86. The largest absolute Gasteiger partial charge is 0.389 e. The van der Waals surface area contributed by atoms with Gasteiger partial charge in [-0.25, -0.2) is 8.42 Å². The van der Waals surface area contributed by atoms with Gasteiger partial charge in [0.2, 0.25) is 0 Å². The van der Waals surface area contributed by atoms with Crippen molar-refractivity contribution in [1.82, 2.24) is 0 Å². The molecule has 0 atom stereocenters. The van der Waals surface area contributed by atoms with Gasteiger partial charge in [-0.1, -0.05) is 42.5 Å². The third-order valence-electron chi connectivity index (χ3n) is 2.88.